The van der Waals surface area contributed by atoms with Gasteiger partial charge in [0.15, 0.2) is 0 Å². The molecule has 0 radical (unpaired) electrons. The van der Waals surface area contributed by atoms with E-state index in [0.717, 1.165) is 24.2 Å². The van der Waals surface area contributed by atoms with Gasteiger partial charge >= 0.3 is 5.97 Å². The first-order chi connectivity index (χ1) is 17.1. The first kappa shape index (κ1) is 27.8. The van der Waals surface area contributed by atoms with Crippen molar-refractivity contribution in [3.05, 3.63) is 12.2 Å². The maximum Gasteiger partial charge on any atom is 0.306 e. The van der Waals surface area contributed by atoms with E-state index in [-0.39, 0.29) is 17.5 Å². The highest BCUT2D eigenvalue weighted by molar-refractivity contribution is 5.69. The molecule has 5 aliphatic rings. The lowest BCUT2D eigenvalue weighted by atomic mass is 9.31. The Hall–Kier alpha value is -0.790. The lowest BCUT2D eigenvalue weighted by Gasteiger charge is -2.73. The second-order valence-electron chi connectivity index (χ2n) is 16.7. The predicted octanol–water partition coefficient (Wildman–Crippen LogP) is 9.62. The molecule has 5 rings (SSSR count). The van der Waals surface area contributed by atoms with Crippen LogP contribution in [-0.4, -0.2) is 12.1 Å². The van der Waals surface area contributed by atoms with Crippen LogP contribution in [0.1, 0.15) is 133 Å². The van der Waals surface area contributed by atoms with Crippen LogP contribution in [0.4, 0.5) is 0 Å². The standard InChI is InChI=1S/C35H58O2/c1-22(2)21-29(36)37-28-15-17-33(8)26(31(28,5)6)14-18-35(10)27(33)12-11-25-30-24(4)23(3)13-16-32(30,7)19-20-34(25,35)9/h22,24-28,30H,3,11-21H2,1-2,4-10H3. The molecule has 5 saturated carbocycles. The summed E-state index contributed by atoms with van der Waals surface area (Å²) in [5, 5.41) is 0. The summed E-state index contributed by atoms with van der Waals surface area (Å²) in [5.74, 6) is 4.09. The Morgan fingerprint density at radius 1 is 0.892 bits per heavy atom. The number of fused-ring (bicyclic) bond motifs is 7. The van der Waals surface area contributed by atoms with Gasteiger partial charge in [0.1, 0.15) is 6.10 Å². The summed E-state index contributed by atoms with van der Waals surface area (Å²) < 4.78 is 6.22. The molecule has 5 fully saturated rings. The number of carbonyl (C=O) groups excluding carboxylic acids is 1. The van der Waals surface area contributed by atoms with Gasteiger partial charge in [-0.1, -0.05) is 74.5 Å². The quantitative estimate of drug-likeness (QED) is 0.279. The van der Waals surface area contributed by atoms with E-state index in [2.05, 4.69) is 68.9 Å². The van der Waals surface area contributed by atoms with Gasteiger partial charge in [-0.15, -0.1) is 0 Å². The molecule has 0 aromatic heterocycles. The van der Waals surface area contributed by atoms with Gasteiger partial charge in [-0.2, -0.15) is 0 Å². The second-order valence-corrected chi connectivity index (χ2v) is 16.7. The number of hydrogen-bond donors (Lipinski definition) is 0. The molecule has 0 aliphatic heterocycles. The van der Waals surface area contributed by atoms with Crippen molar-refractivity contribution >= 4 is 5.97 Å². The molecular weight excluding hydrogens is 452 g/mol. The van der Waals surface area contributed by atoms with Gasteiger partial charge in [0.25, 0.3) is 0 Å². The van der Waals surface area contributed by atoms with Gasteiger partial charge in [0, 0.05) is 11.8 Å². The average molecular weight is 511 g/mol. The third-order valence-corrected chi connectivity index (χ3v) is 14.4. The molecule has 2 heteroatoms. The van der Waals surface area contributed by atoms with Crippen molar-refractivity contribution in [3.8, 4) is 0 Å². The molecule has 10 unspecified atom stereocenters. The summed E-state index contributed by atoms with van der Waals surface area (Å²) in [4.78, 5) is 12.7. The number of allylic oxidation sites excluding steroid dienone is 1. The van der Waals surface area contributed by atoms with Crippen LogP contribution in [0.3, 0.4) is 0 Å². The minimum Gasteiger partial charge on any atom is -0.462 e. The topological polar surface area (TPSA) is 26.3 Å². The zero-order chi connectivity index (χ0) is 27.2. The van der Waals surface area contributed by atoms with E-state index in [4.69, 9.17) is 4.74 Å². The van der Waals surface area contributed by atoms with Crippen LogP contribution in [0.15, 0.2) is 12.2 Å². The van der Waals surface area contributed by atoms with Gasteiger partial charge in [-0.3, -0.25) is 4.79 Å². The molecule has 0 spiro atoms. The molecule has 0 bridgehead atoms. The highest BCUT2D eigenvalue weighted by atomic mass is 16.5. The van der Waals surface area contributed by atoms with Crippen molar-refractivity contribution in [1.29, 1.82) is 0 Å². The second kappa shape index (κ2) is 8.86. The molecule has 0 saturated heterocycles. The molecule has 210 valence electrons. The number of esters is 1. The van der Waals surface area contributed by atoms with Crippen LogP contribution in [0, 0.1) is 62.6 Å². The third-order valence-electron chi connectivity index (χ3n) is 14.4. The smallest absolute Gasteiger partial charge is 0.306 e. The van der Waals surface area contributed by atoms with Crippen LogP contribution in [0.2, 0.25) is 0 Å². The van der Waals surface area contributed by atoms with E-state index >= 15 is 0 Å². The fraction of sp³-hybridized carbons (Fsp3) is 0.914. The molecule has 2 nitrogen and oxygen atoms in total. The Balaban J connectivity index is 1.44. The summed E-state index contributed by atoms with van der Waals surface area (Å²) in [6.45, 7) is 26.9. The fourth-order valence-electron chi connectivity index (χ4n) is 12.1. The van der Waals surface area contributed by atoms with Crippen LogP contribution < -0.4 is 0 Å². The maximum atomic E-state index is 12.7. The Kier molecular flexibility index (Phi) is 6.65. The molecule has 37 heavy (non-hydrogen) atoms. The first-order valence-electron chi connectivity index (χ1n) is 16.0. The van der Waals surface area contributed by atoms with Gasteiger partial charge in [0.05, 0.1) is 0 Å². The zero-order valence-corrected chi connectivity index (χ0v) is 25.8. The third kappa shape index (κ3) is 3.87. The van der Waals surface area contributed by atoms with Gasteiger partial charge in [-0.05, 0) is 121 Å². The number of rotatable bonds is 3. The van der Waals surface area contributed by atoms with Crippen LogP contribution in [0.25, 0.3) is 0 Å². The van der Waals surface area contributed by atoms with Crippen molar-refractivity contribution < 1.29 is 9.53 Å². The van der Waals surface area contributed by atoms with E-state index in [9.17, 15) is 4.79 Å². The minimum absolute atomic E-state index is 0.0128. The molecule has 0 aromatic rings. The van der Waals surface area contributed by atoms with E-state index in [1.54, 1.807) is 0 Å². The van der Waals surface area contributed by atoms with E-state index in [1.807, 2.05) is 0 Å². The molecule has 0 heterocycles. The van der Waals surface area contributed by atoms with Crippen molar-refractivity contribution in [2.45, 2.75) is 139 Å². The number of hydrogen-bond acceptors (Lipinski definition) is 2. The lowest BCUT2D eigenvalue weighted by Crippen LogP contribution is -2.67. The molecule has 5 aliphatic carbocycles. The van der Waals surface area contributed by atoms with E-state index in [0.29, 0.717) is 45.8 Å². The van der Waals surface area contributed by atoms with Crippen molar-refractivity contribution in [1.82, 2.24) is 0 Å². The predicted molar refractivity (Wildman–Crippen MR) is 154 cm³/mol. The lowest BCUT2D eigenvalue weighted by molar-refractivity contribution is -0.254. The van der Waals surface area contributed by atoms with Crippen molar-refractivity contribution in [3.63, 3.8) is 0 Å². The van der Waals surface area contributed by atoms with Crippen LogP contribution >= 0.6 is 0 Å². The minimum atomic E-state index is 0.0128. The monoisotopic (exact) mass is 510 g/mol. The highest BCUT2D eigenvalue weighted by Gasteiger charge is 2.70. The molecular formula is C35H58O2. The van der Waals surface area contributed by atoms with Crippen LogP contribution in [0.5, 0.6) is 0 Å². The molecule has 0 aromatic carbocycles. The van der Waals surface area contributed by atoms with Gasteiger partial charge in [-0.25, -0.2) is 0 Å². The SMILES string of the molecule is C=C1CCC2(C)CCC3(C)C(CCC4C5(C)CCC(OC(=O)CC(C)C)C(C)(C)C5CCC43C)C2C1C. The largest absolute Gasteiger partial charge is 0.462 e. The fourth-order valence-corrected chi connectivity index (χ4v) is 12.1. The summed E-state index contributed by atoms with van der Waals surface area (Å²) in [5.41, 5.74) is 3.24. The molecule has 0 N–H and O–H groups in total. The zero-order valence-electron chi connectivity index (χ0n) is 25.8. The summed E-state index contributed by atoms with van der Waals surface area (Å²) in [6, 6.07) is 0. The van der Waals surface area contributed by atoms with Gasteiger partial charge < -0.3 is 4.74 Å². The highest BCUT2D eigenvalue weighted by Crippen LogP contribution is 2.77. The normalized spacial score (nSPS) is 50.9. The number of ether oxygens (including phenoxy) is 1. The molecule has 0 amide bonds. The Morgan fingerprint density at radius 2 is 1.59 bits per heavy atom. The van der Waals surface area contributed by atoms with Crippen molar-refractivity contribution in [2.75, 3.05) is 0 Å². The summed E-state index contributed by atoms with van der Waals surface area (Å²) in [6.07, 6.45) is 13.7. The average Bonchev–Trinajstić information content (AvgIpc) is 2.79. The number of carbonyl (C=O) groups is 1. The Labute approximate surface area is 229 Å². The Bertz CT molecular complexity index is 932. The first-order valence-corrected chi connectivity index (χ1v) is 16.0. The summed E-state index contributed by atoms with van der Waals surface area (Å²) in [7, 11) is 0. The Morgan fingerprint density at radius 3 is 2.27 bits per heavy atom. The van der Waals surface area contributed by atoms with Gasteiger partial charge in [0.2, 0.25) is 0 Å². The molecule has 10 atom stereocenters. The van der Waals surface area contributed by atoms with E-state index in [1.165, 1.54) is 63.4 Å². The maximum absolute atomic E-state index is 12.7. The van der Waals surface area contributed by atoms with Crippen LogP contribution in [-0.2, 0) is 9.53 Å². The van der Waals surface area contributed by atoms with Crippen molar-refractivity contribution in [2.24, 2.45) is 62.6 Å². The summed E-state index contributed by atoms with van der Waals surface area (Å²) >= 11 is 0. The van der Waals surface area contributed by atoms with E-state index < -0.39 is 0 Å².